The number of carbonyl (C=O) groups is 2. The number of aliphatic imine (C=N–C) groups is 1. The highest BCUT2D eigenvalue weighted by Crippen LogP contribution is 2.51. The Hall–Kier alpha value is -2.51. The normalized spacial score (nSPS) is 29.9. The van der Waals surface area contributed by atoms with Crippen molar-refractivity contribution in [3.63, 3.8) is 0 Å². The minimum Gasteiger partial charge on any atom is -0.466 e. The van der Waals surface area contributed by atoms with Crippen molar-refractivity contribution in [1.82, 2.24) is 4.90 Å². The Morgan fingerprint density at radius 1 is 1.40 bits per heavy atom. The van der Waals surface area contributed by atoms with Crippen molar-refractivity contribution in [2.45, 2.75) is 44.8 Å². The lowest BCUT2D eigenvalue weighted by Crippen LogP contribution is -2.60. The van der Waals surface area contributed by atoms with Gasteiger partial charge in [0.15, 0.2) is 0 Å². The molecule has 3 heterocycles. The third-order valence-electron chi connectivity index (χ3n) is 6.79. The first-order chi connectivity index (χ1) is 14.3. The molecule has 4 rings (SSSR count). The Balaban J connectivity index is 1.70. The van der Waals surface area contributed by atoms with E-state index in [1.54, 1.807) is 12.1 Å². The van der Waals surface area contributed by atoms with Gasteiger partial charge in [0.2, 0.25) is 0 Å². The molecule has 7 nitrogen and oxygen atoms in total. The molecule has 0 saturated carbocycles. The van der Waals surface area contributed by atoms with E-state index in [4.69, 9.17) is 14.5 Å². The van der Waals surface area contributed by atoms with E-state index in [0.717, 1.165) is 13.0 Å². The molecule has 0 radical (unpaired) electrons. The molecule has 1 N–H and O–H groups in total. The lowest BCUT2D eigenvalue weighted by atomic mass is 9.70. The van der Waals surface area contributed by atoms with E-state index in [2.05, 4.69) is 18.4 Å². The van der Waals surface area contributed by atoms with Crippen molar-refractivity contribution < 1.29 is 24.2 Å². The van der Waals surface area contributed by atoms with Crippen LogP contribution in [-0.2, 0) is 19.9 Å². The molecule has 30 heavy (non-hydrogen) atoms. The highest BCUT2D eigenvalue weighted by atomic mass is 16.5. The second-order valence-corrected chi connectivity index (χ2v) is 8.39. The second kappa shape index (κ2) is 7.63. The van der Waals surface area contributed by atoms with Gasteiger partial charge in [-0.15, -0.1) is 0 Å². The Labute approximate surface area is 176 Å². The molecule has 0 unspecified atom stereocenters. The Bertz CT molecular complexity index is 940. The molecule has 160 valence electrons. The van der Waals surface area contributed by atoms with Crippen LogP contribution in [0.25, 0.3) is 0 Å². The minimum absolute atomic E-state index is 0.0367. The smallest absolute Gasteiger partial charge is 0.333 e. The number of fused-ring (bicyclic) bond motifs is 5. The summed E-state index contributed by atoms with van der Waals surface area (Å²) in [5, 5.41) is 11.7. The molecule has 0 aliphatic carbocycles. The number of nitrogens with zero attached hydrogens (tertiary/aromatic N) is 2. The van der Waals surface area contributed by atoms with Crippen LogP contribution >= 0.6 is 0 Å². The predicted octanol–water partition coefficient (Wildman–Crippen LogP) is 2.74. The summed E-state index contributed by atoms with van der Waals surface area (Å²) in [6.07, 6.45) is 2.05. The SMILES string of the molecule is C=C(C(=O)OC)[C@H]1C[C@H]2C3=Nc4cccc(OC(C)=O)c4[C@@]3(O)CCN2C[C@H]1CC. The highest BCUT2D eigenvalue weighted by molar-refractivity contribution is 6.05. The molecular weight excluding hydrogens is 384 g/mol. The largest absolute Gasteiger partial charge is 0.466 e. The van der Waals surface area contributed by atoms with Crippen LogP contribution in [0.15, 0.2) is 35.3 Å². The number of methoxy groups -OCH3 is 1. The van der Waals surface area contributed by atoms with Gasteiger partial charge in [-0.05, 0) is 36.8 Å². The average molecular weight is 412 g/mol. The standard InChI is InChI=1S/C23H28N2O5/c1-5-15-12-25-10-9-23(28)20-17(7-6-8-19(20)30-14(3)26)24-21(23)18(25)11-16(15)13(2)22(27)29-4/h6-8,15-16,18,28H,2,5,9-12H2,1,3-4H3/t15-,16-,18+,23+/m1/s1. The van der Waals surface area contributed by atoms with Crippen LogP contribution < -0.4 is 4.74 Å². The number of hydrogen-bond donors (Lipinski definition) is 1. The van der Waals surface area contributed by atoms with Gasteiger partial charge in [-0.2, -0.15) is 0 Å². The van der Waals surface area contributed by atoms with Crippen LogP contribution in [-0.4, -0.2) is 53.9 Å². The van der Waals surface area contributed by atoms with Crippen LogP contribution in [0.2, 0.25) is 0 Å². The maximum absolute atomic E-state index is 12.2. The molecule has 0 spiro atoms. The van der Waals surface area contributed by atoms with Crippen LogP contribution in [0.5, 0.6) is 5.75 Å². The lowest BCUT2D eigenvalue weighted by molar-refractivity contribution is -0.137. The van der Waals surface area contributed by atoms with E-state index in [9.17, 15) is 14.7 Å². The van der Waals surface area contributed by atoms with Gasteiger partial charge in [0.25, 0.3) is 0 Å². The fraction of sp³-hybridized carbons (Fsp3) is 0.522. The quantitative estimate of drug-likeness (QED) is 0.465. The van der Waals surface area contributed by atoms with Crippen molar-refractivity contribution in [2.24, 2.45) is 16.8 Å². The van der Waals surface area contributed by atoms with E-state index >= 15 is 0 Å². The van der Waals surface area contributed by atoms with Gasteiger partial charge >= 0.3 is 11.9 Å². The van der Waals surface area contributed by atoms with Gasteiger partial charge in [0, 0.05) is 25.6 Å². The number of hydrogen-bond acceptors (Lipinski definition) is 7. The van der Waals surface area contributed by atoms with Gasteiger partial charge in [-0.1, -0.05) is 26.0 Å². The van der Waals surface area contributed by atoms with Crippen molar-refractivity contribution >= 4 is 23.3 Å². The third kappa shape index (κ3) is 3.17. The van der Waals surface area contributed by atoms with Crippen molar-refractivity contribution in [1.29, 1.82) is 0 Å². The molecular formula is C23H28N2O5. The van der Waals surface area contributed by atoms with Crippen LogP contribution in [0.1, 0.15) is 38.7 Å². The number of esters is 2. The number of ether oxygens (including phenoxy) is 2. The van der Waals surface area contributed by atoms with Gasteiger partial charge in [-0.3, -0.25) is 14.7 Å². The molecule has 4 atom stereocenters. The third-order valence-corrected chi connectivity index (χ3v) is 6.79. The van der Waals surface area contributed by atoms with Crippen LogP contribution in [0.4, 0.5) is 5.69 Å². The van der Waals surface area contributed by atoms with E-state index in [1.807, 2.05) is 6.07 Å². The predicted molar refractivity (Wildman–Crippen MR) is 112 cm³/mol. The maximum Gasteiger partial charge on any atom is 0.333 e. The summed E-state index contributed by atoms with van der Waals surface area (Å²) in [5.41, 5.74) is 1.07. The Kier molecular flexibility index (Phi) is 5.28. The van der Waals surface area contributed by atoms with Crippen molar-refractivity contribution in [3.05, 3.63) is 35.9 Å². The number of aliphatic hydroxyl groups is 1. The highest BCUT2D eigenvalue weighted by Gasteiger charge is 2.54. The number of carbonyl (C=O) groups excluding carboxylic acids is 2. The molecule has 1 aromatic rings. The summed E-state index contributed by atoms with van der Waals surface area (Å²) in [4.78, 5) is 30.9. The minimum atomic E-state index is -1.28. The molecule has 0 amide bonds. The summed E-state index contributed by atoms with van der Waals surface area (Å²) in [6.45, 7) is 8.99. The fourth-order valence-corrected chi connectivity index (χ4v) is 5.32. The molecule has 3 aliphatic heterocycles. The summed E-state index contributed by atoms with van der Waals surface area (Å²) in [5.74, 6) is -0.208. The van der Waals surface area contributed by atoms with Crippen LogP contribution in [0.3, 0.4) is 0 Å². The zero-order chi connectivity index (χ0) is 21.6. The van der Waals surface area contributed by atoms with E-state index in [1.165, 1.54) is 14.0 Å². The first-order valence-corrected chi connectivity index (χ1v) is 10.4. The first-order valence-electron chi connectivity index (χ1n) is 10.4. The van der Waals surface area contributed by atoms with E-state index in [-0.39, 0.29) is 17.9 Å². The van der Waals surface area contributed by atoms with Crippen LogP contribution in [0, 0.1) is 11.8 Å². The summed E-state index contributed by atoms with van der Waals surface area (Å²) >= 11 is 0. The zero-order valence-corrected chi connectivity index (χ0v) is 17.7. The molecule has 7 heteroatoms. The van der Waals surface area contributed by atoms with Crippen molar-refractivity contribution in [3.8, 4) is 5.75 Å². The van der Waals surface area contributed by atoms with Crippen molar-refractivity contribution in [2.75, 3.05) is 20.2 Å². The van der Waals surface area contributed by atoms with Gasteiger partial charge in [0.05, 0.1) is 30.1 Å². The number of rotatable bonds is 4. The van der Waals surface area contributed by atoms with Gasteiger partial charge in [-0.25, -0.2) is 4.79 Å². The average Bonchev–Trinajstić information content (AvgIpc) is 3.05. The summed E-state index contributed by atoms with van der Waals surface area (Å²) in [7, 11) is 1.37. The molecule has 2 fully saturated rings. The zero-order valence-electron chi connectivity index (χ0n) is 17.7. The molecule has 0 bridgehead atoms. The van der Waals surface area contributed by atoms with Gasteiger partial charge in [0.1, 0.15) is 11.4 Å². The topological polar surface area (TPSA) is 88.4 Å². The maximum atomic E-state index is 12.2. The molecule has 0 aromatic heterocycles. The number of piperidine rings is 2. The van der Waals surface area contributed by atoms with E-state index < -0.39 is 11.6 Å². The molecule has 1 aromatic carbocycles. The number of benzene rings is 1. The Morgan fingerprint density at radius 3 is 2.83 bits per heavy atom. The lowest BCUT2D eigenvalue weighted by Gasteiger charge is -2.50. The molecule has 3 aliphatic rings. The molecule has 2 saturated heterocycles. The monoisotopic (exact) mass is 412 g/mol. The first kappa shape index (κ1) is 20.8. The van der Waals surface area contributed by atoms with Gasteiger partial charge < -0.3 is 14.6 Å². The fourth-order valence-electron chi connectivity index (χ4n) is 5.32. The Morgan fingerprint density at radius 2 is 2.17 bits per heavy atom. The van der Waals surface area contributed by atoms with E-state index in [0.29, 0.717) is 53.6 Å². The summed E-state index contributed by atoms with van der Waals surface area (Å²) < 4.78 is 10.3. The second-order valence-electron chi connectivity index (χ2n) is 8.39. The summed E-state index contributed by atoms with van der Waals surface area (Å²) in [6, 6.07) is 5.18.